The molecule has 5 heteroatoms. The molecule has 3 aromatic rings. The molecule has 0 bridgehead atoms. The van der Waals surface area contributed by atoms with Gasteiger partial charge in [-0.3, -0.25) is 0 Å². The van der Waals surface area contributed by atoms with Crippen LogP contribution < -0.4 is 10.1 Å². The first-order valence-corrected chi connectivity index (χ1v) is 9.75. The molecular weight excluding hydrogens is 376 g/mol. The number of alkyl carbamates (subject to hydrolysis) is 1. The summed E-state index contributed by atoms with van der Waals surface area (Å²) < 4.78 is 10.6. The normalized spacial score (nSPS) is 11.7. The SMILES string of the molecule is COc1cc(C)c(C#CCNC(=O)OCC2c3ccccc3-c3ccccc32)cn1. The molecule has 0 saturated heterocycles. The van der Waals surface area contributed by atoms with Crippen LogP contribution in [0.25, 0.3) is 11.1 Å². The number of carbonyl (C=O) groups is 1. The predicted octanol–water partition coefficient (Wildman–Crippen LogP) is 4.29. The number of nitrogens with one attached hydrogen (secondary N) is 1. The molecule has 0 radical (unpaired) electrons. The third-order valence-corrected chi connectivity index (χ3v) is 5.18. The van der Waals surface area contributed by atoms with Crippen LogP contribution in [0.4, 0.5) is 4.79 Å². The number of ether oxygens (including phenoxy) is 2. The maximum Gasteiger partial charge on any atom is 0.407 e. The molecule has 0 fully saturated rings. The van der Waals surface area contributed by atoms with Gasteiger partial charge >= 0.3 is 6.09 Å². The summed E-state index contributed by atoms with van der Waals surface area (Å²) in [5.74, 6) is 6.53. The van der Waals surface area contributed by atoms with E-state index in [1.807, 2.05) is 37.3 Å². The molecule has 1 heterocycles. The van der Waals surface area contributed by atoms with Crippen molar-refractivity contribution in [2.75, 3.05) is 20.3 Å². The Morgan fingerprint density at radius 3 is 2.40 bits per heavy atom. The summed E-state index contributed by atoms with van der Waals surface area (Å²) in [4.78, 5) is 16.3. The smallest absolute Gasteiger partial charge is 0.407 e. The van der Waals surface area contributed by atoms with Crippen molar-refractivity contribution in [2.24, 2.45) is 0 Å². The summed E-state index contributed by atoms with van der Waals surface area (Å²) in [5, 5.41) is 2.69. The molecule has 0 unspecified atom stereocenters. The predicted molar refractivity (Wildman–Crippen MR) is 115 cm³/mol. The molecule has 1 aliphatic carbocycles. The Morgan fingerprint density at radius 2 is 1.77 bits per heavy atom. The molecule has 30 heavy (non-hydrogen) atoms. The lowest BCUT2D eigenvalue weighted by atomic mass is 9.98. The summed E-state index contributed by atoms with van der Waals surface area (Å²) in [6, 6.07) is 18.3. The topological polar surface area (TPSA) is 60.5 Å². The standard InChI is InChI=1S/C25H22N2O3/c1-17-14-24(29-2)27-15-18(17)8-7-13-26-25(28)30-16-23-21-11-5-3-9-19(21)20-10-4-6-12-22(20)23/h3-6,9-12,14-15,23H,13,16H2,1-2H3,(H,26,28). The minimum atomic E-state index is -0.476. The average molecular weight is 398 g/mol. The lowest BCUT2D eigenvalue weighted by Crippen LogP contribution is -2.26. The van der Waals surface area contributed by atoms with Crippen molar-refractivity contribution in [1.29, 1.82) is 0 Å². The fourth-order valence-corrected chi connectivity index (χ4v) is 3.68. The van der Waals surface area contributed by atoms with Crippen molar-refractivity contribution in [3.8, 4) is 28.8 Å². The van der Waals surface area contributed by atoms with Gasteiger partial charge in [-0.15, -0.1) is 0 Å². The number of nitrogens with zero attached hydrogens (tertiary/aromatic N) is 1. The van der Waals surface area contributed by atoms with E-state index in [1.165, 1.54) is 22.3 Å². The van der Waals surface area contributed by atoms with Gasteiger partial charge in [-0.1, -0.05) is 60.4 Å². The van der Waals surface area contributed by atoms with Gasteiger partial charge in [0.1, 0.15) is 6.61 Å². The van der Waals surface area contributed by atoms with Gasteiger partial charge in [0.05, 0.1) is 13.7 Å². The number of fused-ring (bicyclic) bond motifs is 3. The zero-order chi connectivity index (χ0) is 20.9. The van der Waals surface area contributed by atoms with E-state index in [-0.39, 0.29) is 19.1 Å². The highest BCUT2D eigenvalue weighted by atomic mass is 16.5. The molecule has 0 saturated carbocycles. The summed E-state index contributed by atoms with van der Waals surface area (Å²) in [5.41, 5.74) is 6.55. The van der Waals surface area contributed by atoms with Crippen LogP contribution in [0.15, 0.2) is 60.8 Å². The second kappa shape index (κ2) is 8.71. The van der Waals surface area contributed by atoms with Crippen molar-refractivity contribution in [3.05, 3.63) is 83.0 Å². The largest absolute Gasteiger partial charge is 0.481 e. The fourth-order valence-electron chi connectivity index (χ4n) is 3.68. The van der Waals surface area contributed by atoms with Crippen molar-refractivity contribution in [1.82, 2.24) is 10.3 Å². The number of benzene rings is 2. The van der Waals surface area contributed by atoms with Crippen LogP contribution in [0, 0.1) is 18.8 Å². The first-order valence-electron chi connectivity index (χ1n) is 9.75. The van der Waals surface area contributed by atoms with E-state index in [1.54, 1.807) is 13.3 Å². The van der Waals surface area contributed by atoms with E-state index in [2.05, 4.69) is 46.4 Å². The number of methoxy groups -OCH3 is 1. The molecule has 1 aromatic heterocycles. The van der Waals surface area contributed by atoms with E-state index in [9.17, 15) is 4.79 Å². The van der Waals surface area contributed by atoms with Crippen LogP contribution in [0.5, 0.6) is 5.88 Å². The Morgan fingerprint density at radius 1 is 1.10 bits per heavy atom. The van der Waals surface area contributed by atoms with E-state index in [0.717, 1.165) is 11.1 Å². The summed E-state index contributed by atoms with van der Waals surface area (Å²) in [6.07, 6.45) is 1.19. The first-order chi connectivity index (χ1) is 14.7. The Kier molecular flexibility index (Phi) is 5.67. The average Bonchev–Trinajstić information content (AvgIpc) is 3.10. The van der Waals surface area contributed by atoms with E-state index < -0.39 is 6.09 Å². The van der Waals surface area contributed by atoms with Crippen molar-refractivity contribution < 1.29 is 14.3 Å². The fraction of sp³-hybridized carbons (Fsp3) is 0.200. The number of carbonyl (C=O) groups excluding carboxylic acids is 1. The van der Waals surface area contributed by atoms with Gasteiger partial charge in [-0.05, 0) is 34.7 Å². The van der Waals surface area contributed by atoms with Crippen molar-refractivity contribution in [2.45, 2.75) is 12.8 Å². The number of hydrogen-bond donors (Lipinski definition) is 1. The third-order valence-electron chi connectivity index (χ3n) is 5.18. The van der Waals surface area contributed by atoms with Gasteiger partial charge in [0.2, 0.25) is 5.88 Å². The van der Waals surface area contributed by atoms with Gasteiger partial charge in [-0.2, -0.15) is 0 Å². The van der Waals surface area contributed by atoms with Crippen LogP contribution in [0.2, 0.25) is 0 Å². The molecule has 1 amide bonds. The maximum absolute atomic E-state index is 12.2. The molecule has 0 spiro atoms. The number of amides is 1. The van der Waals surface area contributed by atoms with Gasteiger partial charge in [0.15, 0.2) is 0 Å². The highest BCUT2D eigenvalue weighted by Gasteiger charge is 2.28. The summed E-state index contributed by atoms with van der Waals surface area (Å²) in [7, 11) is 1.57. The quantitative estimate of drug-likeness (QED) is 0.666. The van der Waals surface area contributed by atoms with Crippen molar-refractivity contribution >= 4 is 6.09 Å². The molecule has 0 aliphatic heterocycles. The molecule has 150 valence electrons. The monoisotopic (exact) mass is 398 g/mol. The lowest BCUT2D eigenvalue weighted by Gasteiger charge is -2.14. The third kappa shape index (κ3) is 3.99. The molecular formula is C25H22N2O3. The number of pyridine rings is 1. The first kappa shape index (κ1) is 19.5. The minimum Gasteiger partial charge on any atom is -0.481 e. The van der Waals surface area contributed by atoms with Crippen molar-refractivity contribution in [3.63, 3.8) is 0 Å². The Hall–Kier alpha value is -3.78. The van der Waals surface area contributed by atoms with Gasteiger partial charge in [-0.25, -0.2) is 9.78 Å². The minimum absolute atomic E-state index is 0.0438. The van der Waals surface area contributed by atoms with Crippen LogP contribution in [-0.4, -0.2) is 31.3 Å². The number of aryl methyl sites for hydroxylation is 1. The van der Waals surface area contributed by atoms with Crippen LogP contribution in [-0.2, 0) is 4.74 Å². The lowest BCUT2D eigenvalue weighted by molar-refractivity contribution is 0.144. The maximum atomic E-state index is 12.2. The van der Waals surface area contributed by atoms with Crippen LogP contribution >= 0.6 is 0 Å². The van der Waals surface area contributed by atoms with E-state index in [4.69, 9.17) is 9.47 Å². The molecule has 0 atom stereocenters. The number of hydrogen-bond acceptors (Lipinski definition) is 4. The highest BCUT2D eigenvalue weighted by Crippen LogP contribution is 2.44. The second-order valence-corrected chi connectivity index (χ2v) is 7.02. The summed E-state index contributed by atoms with van der Waals surface area (Å²) >= 11 is 0. The summed E-state index contributed by atoms with van der Waals surface area (Å²) in [6.45, 7) is 2.42. The number of rotatable bonds is 4. The molecule has 5 nitrogen and oxygen atoms in total. The van der Waals surface area contributed by atoms with Gasteiger partial charge in [0.25, 0.3) is 0 Å². The molecule has 1 N–H and O–H groups in total. The van der Waals surface area contributed by atoms with Gasteiger partial charge in [0, 0.05) is 23.7 Å². The Bertz CT molecular complexity index is 1100. The van der Waals surface area contributed by atoms with E-state index >= 15 is 0 Å². The van der Waals surface area contributed by atoms with Crippen LogP contribution in [0.3, 0.4) is 0 Å². The molecule has 1 aliphatic rings. The molecule has 4 rings (SSSR count). The Balaban J connectivity index is 1.34. The Labute approximate surface area is 176 Å². The second-order valence-electron chi connectivity index (χ2n) is 7.02. The number of aromatic nitrogens is 1. The molecule has 2 aromatic carbocycles. The zero-order valence-electron chi connectivity index (χ0n) is 16.9. The zero-order valence-corrected chi connectivity index (χ0v) is 16.9. The highest BCUT2D eigenvalue weighted by molar-refractivity contribution is 5.79. The van der Waals surface area contributed by atoms with Gasteiger partial charge < -0.3 is 14.8 Å². The van der Waals surface area contributed by atoms with E-state index in [0.29, 0.717) is 5.88 Å². The van der Waals surface area contributed by atoms with Crippen LogP contribution in [0.1, 0.15) is 28.2 Å².